The smallest absolute Gasteiger partial charge is 0.255 e. The van der Waals surface area contributed by atoms with Crippen LogP contribution in [0.5, 0.6) is 5.75 Å². The van der Waals surface area contributed by atoms with Crippen LogP contribution in [0.4, 0.5) is 0 Å². The van der Waals surface area contributed by atoms with Gasteiger partial charge >= 0.3 is 0 Å². The third-order valence-corrected chi connectivity index (χ3v) is 3.31. The van der Waals surface area contributed by atoms with Crippen molar-refractivity contribution in [3.8, 4) is 5.75 Å². The van der Waals surface area contributed by atoms with Crippen LogP contribution >= 0.6 is 0 Å². The zero-order valence-corrected chi connectivity index (χ0v) is 13.2. The summed E-state index contributed by atoms with van der Waals surface area (Å²) in [5.41, 5.74) is 2.45. The minimum Gasteiger partial charge on any atom is -0.488 e. The van der Waals surface area contributed by atoms with Crippen LogP contribution in [-0.2, 0) is 11.3 Å². The van der Waals surface area contributed by atoms with Crippen LogP contribution in [0.2, 0.25) is 0 Å². The van der Waals surface area contributed by atoms with Gasteiger partial charge in [0.25, 0.3) is 5.91 Å². The molecular weight excluding hydrogens is 290 g/mol. The number of rotatable bonds is 8. The summed E-state index contributed by atoms with van der Waals surface area (Å²) in [4.78, 5) is 12.3. The van der Waals surface area contributed by atoms with E-state index >= 15 is 0 Å². The van der Waals surface area contributed by atoms with E-state index in [4.69, 9.17) is 9.47 Å². The molecule has 0 fully saturated rings. The quantitative estimate of drug-likeness (QED) is 0.761. The molecular formula is C19H21NO3. The molecule has 2 aromatic carbocycles. The predicted molar refractivity (Wildman–Crippen MR) is 91.5 cm³/mol. The Balaban J connectivity index is 2.14. The molecule has 23 heavy (non-hydrogen) atoms. The fourth-order valence-electron chi connectivity index (χ4n) is 2.07. The summed E-state index contributed by atoms with van der Waals surface area (Å²) in [5, 5.41) is 2.81. The van der Waals surface area contributed by atoms with Crippen LogP contribution in [0.15, 0.2) is 55.1 Å². The molecule has 1 N–H and O–H groups in total. The minimum atomic E-state index is -0.180. The van der Waals surface area contributed by atoms with E-state index in [1.807, 2.05) is 42.5 Å². The van der Waals surface area contributed by atoms with Crippen LogP contribution in [0.3, 0.4) is 0 Å². The third kappa shape index (κ3) is 4.97. The monoisotopic (exact) mass is 311 g/mol. The number of amides is 1. The maximum Gasteiger partial charge on any atom is 0.255 e. The molecule has 0 saturated heterocycles. The predicted octanol–water partition coefficient (Wildman–Crippen LogP) is 3.28. The molecule has 120 valence electrons. The van der Waals surface area contributed by atoms with Gasteiger partial charge in [-0.25, -0.2) is 0 Å². The molecule has 0 aliphatic heterocycles. The van der Waals surface area contributed by atoms with E-state index in [0.29, 0.717) is 31.1 Å². The van der Waals surface area contributed by atoms with Gasteiger partial charge in [0.1, 0.15) is 12.4 Å². The van der Waals surface area contributed by atoms with Crippen LogP contribution < -0.4 is 10.1 Å². The molecule has 0 saturated carbocycles. The standard InChI is InChI=1S/C19H21NO3/c1-3-15-9-10-17(19(21)20-11-12-22-2)18(13-15)23-14-16-7-5-4-6-8-16/h3-10,13H,1,11-12,14H2,2H3,(H,20,21). The molecule has 0 heterocycles. The SMILES string of the molecule is C=Cc1ccc(C(=O)NCCOC)c(OCc2ccccc2)c1. The minimum absolute atomic E-state index is 0.180. The summed E-state index contributed by atoms with van der Waals surface area (Å²) in [5.74, 6) is 0.363. The first-order chi connectivity index (χ1) is 11.2. The lowest BCUT2D eigenvalue weighted by atomic mass is 10.1. The van der Waals surface area contributed by atoms with Crippen molar-refractivity contribution in [1.82, 2.24) is 5.32 Å². The first-order valence-electron chi connectivity index (χ1n) is 7.45. The Kier molecular flexibility index (Phi) is 6.39. The first kappa shape index (κ1) is 16.8. The van der Waals surface area contributed by atoms with Crippen molar-refractivity contribution >= 4 is 12.0 Å². The second kappa shape index (κ2) is 8.76. The van der Waals surface area contributed by atoms with Crippen LogP contribution in [0.1, 0.15) is 21.5 Å². The lowest BCUT2D eigenvalue weighted by molar-refractivity contribution is 0.0932. The van der Waals surface area contributed by atoms with Gasteiger partial charge in [-0.3, -0.25) is 4.79 Å². The molecule has 0 unspecified atom stereocenters. The normalized spacial score (nSPS) is 10.1. The zero-order valence-electron chi connectivity index (χ0n) is 13.2. The van der Waals surface area contributed by atoms with E-state index < -0.39 is 0 Å². The van der Waals surface area contributed by atoms with Gasteiger partial charge in [-0.05, 0) is 23.3 Å². The largest absolute Gasteiger partial charge is 0.488 e. The van der Waals surface area contributed by atoms with Gasteiger partial charge in [-0.1, -0.05) is 49.1 Å². The highest BCUT2D eigenvalue weighted by molar-refractivity contribution is 5.97. The van der Waals surface area contributed by atoms with Crippen LogP contribution in [0, 0.1) is 0 Å². The third-order valence-electron chi connectivity index (χ3n) is 3.31. The van der Waals surface area contributed by atoms with Gasteiger partial charge in [0.05, 0.1) is 12.2 Å². The van der Waals surface area contributed by atoms with Gasteiger partial charge < -0.3 is 14.8 Å². The van der Waals surface area contributed by atoms with E-state index in [1.165, 1.54) is 0 Å². The van der Waals surface area contributed by atoms with Crippen LogP contribution in [0.25, 0.3) is 6.08 Å². The number of methoxy groups -OCH3 is 1. The zero-order chi connectivity index (χ0) is 16.5. The highest BCUT2D eigenvalue weighted by Gasteiger charge is 2.13. The lowest BCUT2D eigenvalue weighted by Crippen LogP contribution is -2.27. The Morgan fingerprint density at radius 1 is 1.22 bits per heavy atom. The van der Waals surface area contributed by atoms with Crippen molar-refractivity contribution in [2.75, 3.05) is 20.3 Å². The van der Waals surface area contributed by atoms with Gasteiger partial charge in [-0.15, -0.1) is 0 Å². The van der Waals surface area contributed by atoms with Crippen molar-refractivity contribution in [3.63, 3.8) is 0 Å². The molecule has 2 rings (SSSR count). The second-order valence-corrected chi connectivity index (χ2v) is 4.98. The maximum absolute atomic E-state index is 12.3. The molecule has 4 heteroatoms. The number of carbonyl (C=O) groups is 1. The number of hydrogen-bond acceptors (Lipinski definition) is 3. The highest BCUT2D eigenvalue weighted by atomic mass is 16.5. The van der Waals surface area contributed by atoms with Gasteiger partial charge in [0, 0.05) is 13.7 Å². The topological polar surface area (TPSA) is 47.6 Å². The Hall–Kier alpha value is -2.59. The summed E-state index contributed by atoms with van der Waals surface area (Å²) < 4.78 is 10.8. The van der Waals surface area contributed by atoms with Crippen LogP contribution in [-0.4, -0.2) is 26.2 Å². The molecule has 0 atom stereocenters. The lowest BCUT2D eigenvalue weighted by Gasteiger charge is -2.13. The molecule has 1 amide bonds. The number of hydrogen-bond donors (Lipinski definition) is 1. The molecule has 0 spiro atoms. The molecule has 0 aliphatic rings. The van der Waals surface area contributed by atoms with Crippen molar-refractivity contribution < 1.29 is 14.3 Å². The van der Waals surface area contributed by atoms with Crippen molar-refractivity contribution in [1.29, 1.82) is 0 Å². The van der Waals surface area contributed by atoms with Gasteiger partial charge in [0.2, 0.25) is 0 Å². The van der Waals surface area contributed by atoms with Crippen molar-refractivity contribution in [3.05, 3.63) is 71.8 Å². The van der Waals surface area contributed by atoms with E-state index in [9.17, 15) is 4.79 Å². The van der Waals surface area contributed by atoms with E-state index in [-0.39, 0.29) is 5.91 Å². The average molecular weight is 311 g/mol. The number of ether oxygens (including phenoxy) is 2. The Labute approximate surface area is 136 Å². The van der Waals surface area contributed by atoms with Gasteiger partial charge in [0.15, 0.2) is 0 Å². The van der Waals surface area contributed by atoms with E-state index in [2.05, 4.69) is 11.9 Å². The molecule has 0 bridgehead atoms. The summed E-state index contributed by atoms with van der Waals surface area (Å²) in [6, 6.07) is 15.2. The molecule has 4 nitrogen and oxygen atoms in total. The fraction of sp³-hybridized carbons (Fsp3) is 0.211. The summed E-state index contributed by atoms with van der Waals surface area (Å²) in [7, 11) is 1.60. The summed E-state index contributed by atoms with van der Waals surface area (Å²) in [6.45, 7) is 5.08. The molecule has 0 aliphatic carbocycles. The number of benzene rings is 2. The molecule has 0 radical (unpaired) electrons. The fourth-order valence-corrected chi connectivity index (χ4v) is 2.07. The molecule has 2 aromatic rings. The second-order valence-electron chi connectivity index (χ2n) is 4.98. The average Bonchev–Trinajstić information content (AvgIpc) is 2.60. The van der Waals surface area contributed by atoms with E-state index in [0.717, 1.165) is 11.1 Å². The molecule has 0 aromatic heterocycles. The maximum atomic E-state index is 12.3. The van der Waals surface area contributed by atoms with Crippen molar-refractivity contribution in [2.45, 2.75) is 6.61 Å². The Bertz CT molecular complexity index is 653. The summed E-state index contributed by atoms with van der Waals surface area (Å²) in [6.07, 6.45) is 1.72. The first-order valence-corrected chi connectivity index (χ1v) is 7.45. The Morgan fingerprint density at radius 2 is 2.00 bits per heavy atom. The van der Waals surface area contributed by atoms with E-state index in [1.54, 1.807) is 19.3 Å². The Morgan fingerprint density at radius 3 is 2.70 bits per heavy atom. The van der Waals surface area contributed by atoms with Gasteiger partial charge in [-0.2, -0.15) is 0 Å². The summed E-state index contributed by atoms with van der Waals surface area (Å²) >= 11 is 0. The number of carbonyl (C=O) groups excluding carboxylic acids is 1. The van der Waals surface area contributed by atoms with Crippen molar-refractivity contribution in [2.24, 2.45) is 0 Å². The highest BCUT2D eigenvalue weighted by Crippen LogP contribution is 2.22. The number of nitrogens with one attached hydrogen (secondary N) is 1.